The lowest BCUT2D eigenvalue weighted by Gasteiger charge is -2.18. The number of carbonyl (C=O) groups is 1. The third-order valence-electron chi connectivity index (χ3n) is 4.40. The van der Waals surface area contributed by atoms with Crippen molar-refractivity contribution in [3.05, 3.63) is 52.8 Å². The van der Waals surface area contributed by atoms with E-state index in [9.17, 15) is 4.79 Å². The minimum atomic E-state index is 0.0655. The highest BCUT2D eigenvalue weighted by Crippen LogP contribution is 2.23. The minimum absolute atomic E-state index is 0.0655. The summed E-state index contributed by atoms with van der Waals surface area (Å²) in [7, 11) is 1.86. The average molecular weight is 384 g/mol. The van der Waals surface area contributed by atoms with E-state index in [1.807, 2.05) is 51.2 Å². The van der Waals surface area contributed by atoms with Crippen LogP contribution in [0.5, 0.6) is 0 Å². The normalized spacial score (nSPS) is 11.1. The molecule has 2 aromatic heterocycles. The van der Waals surface area contributed by atoms with Crippen LogP contribution in [0.15, 0.2) is 35.5 Å². The van der Waals surface area contributed by atoms with Crippen molar-refractivity contribution in [3.8, 4) is 0 Å². The van der Waals surface area contributed by atoms with Gasteiger partial charge in [-0.05, 0) is 38.0 Å². The Morgan fingerprint density at radius 3 is 2.78 bits per heavy atom. The van der Waals surface area contributed by atoms with Gasteiger partial charge in [-0.3, -0.25) is 4.79 Å². The van der Waals surface area contributed by atoms with Gasteiger partial charge in [0.15, 0.2) is 0 Å². The Kier molecular flexibility index (Phi) is 6.11. The molecule has 0 fully saturated rings. The molecular weight excluding hydrogens is 358 g/mol. The van der Waals surface area contributed by atoms with Gasteiger partial charge in [-0.15, -0.1) is 5.10 Å². The molecule has 2 heterocycles. The number of aryl methyl sites for hydroxylation is 2. The van der Waals surface area contributed by atoms with Gasteiger partial charge in [0.2, 0.25) is 5.16 Å². The van der Waals surface area contributed by atoms with Crippen LogP contribution in [0.2, 0.25) is 0 Å². The van der Waals surface area contributed by atoms with Crippen molar-refractivity contribution in [1.82, 2.24) is 24.5 Å². The van der Waals surface area contributed by atoms with E-state index in [4.69, 9.17) is 0 Å². The van der Waals surface area contributed by atoms with Crippen LogP contribution in [-0.2, 0) is 5.75 Å². The van der Waals surface area contributed by atoms with Gasteiger partial charge in [0.05, 0.1) is 0 Å². The lowest BCUT2D eigenvalue weighted by molar-refractivity contribution is 0.0792. The summed E-state index contributed by atoms with van der Waals surface area (Å²) in [5.41, 5.74) is 3.67. The Bertz CT molecular complexity index is 953. The molecule has 0 unspecified atom stereocenters. The zero-order chi connectivity index (χ0) is 19.4. The molecule has 27 heavy (non-hydrogen) atoms. The van der Waals surface area contributed by atoms with Crippen LogP contribution in [0.4, 0.5) is 0 Å². The Morgan fingerprint density at radius 1 is 1.22 bits per heavy atom. The summed E-state index contributed by atoms with van der Waals surface area (Å²) in [6.45, 7) is 6.84. The summed E-state index contributed by atoms with van der Waals surface area (Å²) in [4.78, 5) is 23.5. The lowest BCUT2D eigenvalue weighted by atomic mass is 10.1. The number of carbonyl (C=O) groups excluding carboxylic acids is 1. The molecule has 0 saturated carbocycles. The summed E-state index contributed by atoms with van der Waals surface area (Å²) < 4.78 is 1.75. The predicted octanol–water partition coefficient (Wildman–Crippen LogP) is 3.91. The zero-order valence-corrected chi connectivity index (χ0v) is 17.1. The second-order valence-corrected chi connectivity index (χ2v) is 7.61. The number of hydrogen-bond donors (Lipinski definition) is 0. The van der Waals surface area contributed by atoms with E-state index in [2.05, 4.69) is 22.0 Å². The number of benzene rings is 1. The highest BCUT2D eigenvalue weighted by molar-refractivity contribution is 7.98. The van der Waals surface area contributed by atoms with Crippen LogP contribution < -0.4 is 0 Å². The quantitative estimate of drug-likeness (QED) is 0.579. The molecule has 0 aliphatic heterocycles. The second kappa shape index (κ2) is 8.52. The minimum Gasteiger partial charge on any atom is -0.342 e. The summed E-state index contributed by atoms with van der Waals surface area (Å²) in [5, 5.41) is 5.19. The van der Waals surface area contributed by atoms with Gasteiger partial charge in [0, 0.05) is 36.3 Å². The standard InChI is InChI=1S/C20H25N5OS/c1-5-6-11-24(4)18(26)17-10-8-7-9-16(17)13-27-20-22-19-21-14(2)12-15(3)25(19)23-20/h7-10,12H,5-6,11,13H2,1-4H3. The fourth-order valence-electron chi connectivity index (χ4n) is 2.91. The molecule has 3 aromatic rings. The molecule has 142 valence electrons. The highest BCUT2D eigenvalue weighted by atomic mass is 32.2. The molecule has 0 saturated heterocycles. The van der Waals surface area contributed by atoms with Crippen molar-refractivity contribution < 1.29 is 4.79 Å². The predicted molar refractivity (Wildman–Crippen MR) is 108 cm³/mol. The van der Waals surface area contributed by atoms with E-state index >= 15 is 0 Å². The first-order chi connectivity index (χ1) is 13.0. The fourth-order valence-corrected chi connectivity index (χ4v) is 3.73. The third-order valence-corrected chi connectivity index (χ3v) is 5.28. The maximum atomic E-state index is 12.8. The van der Waals surface area contributed by atoms with Crippen molar-refractivity contribution >= 4 is 23.4 Å². The first-order valence-corrected chi connectivity index (χ1v) is 10.2. The number of thioether (sulfide) groups is 1. The largest absolute Gasteiger partial charge is 0.342 e. The number of fused-ring (bicyclic) bond motifs is 1. The van der Waals surface area contributed by atoms with Crippen molar-refractivity contribution in [2.24, 2.45) is 0 Å². The van der Waals surface area contributed by atoms with Gasteiger partial charge in [-0.25, -0.2) is 9.50 Å². The van der Waals surface area contributed by atoms with Gasteiger partial charge in [0.25, 0.3) is 11.7 Å². The molecule has 0 bridgehead atoms. The topological polar surface area (TPSA) is 63.4 Å². The van der Waals surface area contributed by atoms with Crippen LogP contribution in [-0.4, -0.2) is 44.0 Å². The number of hydrogen-bond acceptors (Lipinski definition) is 5. The SMILES string of the molecule is CCCCN(C)C(=O)c1ccccc1CSc1nc2nc(C)cc(C)n2n1. The van der Waals surface area contributed by atoms with Crippen LogP contribution >= 0.6 is 11.8 Å². The first kappa shape index (κ1) is 19.4. The Balaban J connectivity index is 1.77. The van der Waals surface area contributed by atoms with E-state index in [1.54, 1.807) is 9.42 Å². The number of nitrogens with zero attached hydrogens (tertiary/aromatic N) is 5. The molecule has 1 aromatic carbocycles. The summed E-state index contributed by atoms with van der Waals surface area (Å²) >= 11 is 1.52. The van der Waals surface area contributed by atoms with Crippen LogP contribution in [0.3, 0.4) is 0 Å². The summed E-state index contributed by atoms with van der Waals surface area (Å²) in [5.74, 6) is 1.31. The third kappa shape index (κ3) is 4.47. The number of amides is 1. The van der Waals surface area contributed by atoms with Crippen molar-refractivity contribution in [1.29, 1.82) is 0 Å². The molecule has 6 nitrogen and oxygen atoms in total. The molecule has 1 amide bonds. The second-order valence-electron chi connectivity index (χ2n) is 6.67. The lowest BCUT2D eigenvalue weighted by Crippen LogP contribution is -2.28. The van der Waals surface area contributed by atoms with Crippen LogP contribution in [0.1, 0.15) is 47.1 Å². The molecule has 0 atom stereocenters. The molecule has 7 heteroatoms. The highest BCUT2D eigenvalue weighted by Gasteiger charge is 2.16. The van der Waals surface area contributed by atoms with Gasteiger partial charge in [0.1, 0.15) is 0 Å². The molecule has 0 aliphatic carbocycles. The average Bonchev–Trinajstić information content (AvgIpc) is 3.07. The van der Waals surface area contributed by atoms with Gasteiger partial charge in [-0.1, -0.05) is 43.3 Å². The molecule has 0 aliphatic rings. The molecule has 0 N–H and O–H groups in total. The number of aromatic nitrogens is 4. The summed E-state index contributed by atoms with van der Waals surface area (Å²) in [6, 6.07) is 9.75. The van der Waals surface area contributed by atoms with E-state index in [-0.39, 0.29) is 5.91 Å². The van der Waals surface area contributed by atoms with Crippen molar-refractivity contribution in [2.75, 3.05) is 13.6 Å². The van der Waals surface area contributed by atoms with Crippen LogP contribution in [0, 0.1) is 13.8 Å². The number of unbranched alkanes of at least 4 members (excludes halogenated alkanes) is 1. The molecular formula is C20H25N5OS. The Morgan fingerprint density at radius 2 is 2.00 bits per heavy atom. The van der Waals surface area contributed by atoms with Gasteiger partial charge >= 0.3 is 0 Å². The molecule has 0 radical (unpaired) electrons. The Hall–Kier alpha value is -2.41. The summed E-state index contributed by atoms with van der Waals surface area (Å²) in [6.07, 6.45) is 2.08. The monoisotopic (exact) mass is 383 g/mol. The zero-order valence-electron chi connectivity index (χ0n) is 16.3. The number of rotatable bonds is 7. The van der Waals surface area contributed by atoms with E-state index in [1.165, 1.54) is 11.8 Å². The first-order valence-electron chi connectivity index (χ1n) is 9.16. The Labute approximate surface area is 164 Å². The smallest absolute Gasteiger partial charge is 0.253 e. The van der Waals surface area contributed by atoms with E-state index in [0.29, 0.717) is 16.7 Å². The molecule has 0 spiro atoms. The van der Waals surface area contributed by atoms with E-state index < -0.39 is 0 Å². The maximum absolute atomic E-state index is 12.8. The molecule has 3 rings (SSSR count). The van der Waals surface area contributed by atoms with E-state index in [0.717, 1.165) is 41.9 Å². The van der Waals surface area contributed by atoms with Crippen molar-refractivity contribution in [2.45, 2.75) is 44.5 Å². The maximum Gasteiger partial charge on any atom is 0.253 e. The van der Waals surface area contributed by atoms with Crippen LogP contribution in [0.25, 0.3) is 5.78 Å². The van der Waals surface area contributed by atoms with Crippen molar-refractivity contribution in [3.63, 3.8) is 0 Å². The fraction of sp³-hybridized carbons (Fsp3) is 0.400. The van der Waals surface area contributed by atoms with Gasteiger partial charge in [-0.2, -0.15) is 4.98 Å². The van der Waals surface area contributed by atoms with Gasteiger partial charge < -0.3 is 4.90 Å².